The fraction of sp³-hybridized carbons (Fsp3) is 0.154. The molecule has 4 rings (SSSR count). The third-order valence-corrected chi connectivity index (χ3v) is 5.44. The van der Waals surface area contributed by atoms with Gasteiger partial charge in [0, 0.05) is 61.0 Å². The Balaban J connectivity index is 1.45. The van der Waals surface area contributed by atoms with Crippen molar-refractivity contribution < 1.29 is 4.79 Å². The van der Waals surface area contributed by atoms with Crippen molar-refractivity contribution in [2.24, 2.45) is 0 Å². The van der Waals surface area contributed by atoms with Crippen molar-refractivity contribution in [3.63, 3.8) is 0 Å². The summed E-state index contributed by atoms with van der Waals surface area (Å²) in [5.41, 5.74) is 5.12. The molecule has 2 aromatic carbocycles. The number of hydrogen-bond acceptors (Lipinski definition) is 3. The van der Waals surface area contributed by atoms with Crippen LogP contribution in [0.4, 0.5) is 5.69 Å². The lowest BCUT2D eigenvalue weighted by Crippen LogP contribution is -2.26. The fourth-order valence-electron chi connectivity index (χ4n) is 3.70. The van der Waals surface area contributed by atoms with E-state index in [-0.39, 0.29) is 11.5 Å². The van der Waals surface area contributed by atoms with Gasteiger partial charge in [-0.15, -0.1) is 0 Å². The Labute approximate surface area is 187 Å². The zero-order valence-corrected chi connectivity index (χ0v) is 18.2. The Morgan fingerprint density at radius 2 is 1.91 bits per heavy atom. The van der Waals surface area contributed by atoms with Crippen molar-refractivity contribution in [2.45, 2.75) is 6.42 Å². The van der Waals surface area contributed by atoms with Gasteiger partial charge in [0.05, 0.1) is 0 Å². The number of aromatic nitrogens is 2. The number of aromatic amines is 1. The quantitative estimate of drug-likeness (QED) is 0.344. The molecule has 0 bridgehead atoms. The van der Waals surface area contributed by atoms with Crippen molar-refractivity contribution in [2.75, 3.05) is 25.5 Å². The Morgan fingerprint density at radius 3 is 2.66 bits per heavy atom. The first-order valence-electron chi connectivity index (χ1n) is 10.5. The van der Waals surface area contributed by atoms with Crippen molar-refractivity contribution in [3.8, 4) is 11.8 Å². The highest BCUT2D eigenvalue weighted by atomic mass is 16.1. The third-order valence-electron chi connectivity index (χ3n) is 5.44. The van der Waals surface area contributed by atoms with Gasteiger partial charge in [0.25, 0.3) is 5.91 Å². The number of nitrogens with zero attached hydrogens (tertiary/aromatic N) is 3. The lowest BCUT2D eigenvalue weighted by atomic mass is 10.1. The van der Waals surface area contributed by atoms with Gasteiger partial charge < -0.3 is 19.8 Å². The maximum Gasteiger partial charge on any atom is 0.262 e. The van der Waals surface area contributed by atoms with Crippen LogP contribution in [0.15, 0.2) is 78.6 Å². The highest BCUT2D eigenvalue weighted by molar-refractivity contribution is 6.01. The standard InChI is InChI=1S/C26H25N5O/c1-30(2)21-9-11-22(12-10-21)31-15-5-6-23(31)16-20(17-27)26(32)28-14-13-19-18-29-25-8-4-3-7-24(19)25/h3-12,15-16,18,29H,13-14H2,1-2H3,(H,28,32)/b20-16-. The molecule has 2 N–H and O–H groups in total. The van der Waals surface area contributed by atoms with Gasteiger partial charge in [0.1, 0.15) is 11.6 Å². The molecular weight excluding hydrogens is 398 g/mol. The van der Waals surface area contributed by atoms with Crippen LogP contribution in [0, 0.1) is 11.3 Å². The minimum absolute atomic E-state index is 0.0776. The summed E-state index contributed by atoms with van der Waals surface area (Å²) in [6, 6.07) is 22.0. The van der Waals surface area contributed by atoms with Crippen LogP contribution in [0.25, 0.3) is 22.7 Å². The lowest BCUT2D eigenvalue weighted by molar-refractivity contribution is -0.117. The molecular formula is C26H25N5O. The lowest BCUT2D eigenvalue weighted by Gasteiger charge is -2.14. The normalized spacial score (nSPS) is 11.3. The first kappa shape index (κ1) is 21.0. The number of hydrogen-bond donors (Lipinski definition) is 2. The molecule has 4 aromatic rings. The topological polar surface area (TPSA) is 76.8 Å². The van der Waals surface area contributed by atoms with Gasteiger partial charge in [-0.1, -0.05) is 18.2 Å². The van der Waals surface area contributed by atoms with E-state index in [0.29, 0.717) is 13.0 Å². The Kier molecular flexibility index (Phi) is 6.09. The third kappa shape index (κ3) is 4.42. The molecule has 6 nitrogen and oxygen atoms in total. The summed E-state index contributed by atoms with van der Waals surface area (Å²) in [5.74, 6) is -0.372. The second kappa shape index (κ2) is 9.27. The minimum Gasteiger partial charge on any atom is -0.378 e. The smallest absolute Gasteiger partial charge is 0.262 e. The zero-order chi connectivity index (χ0) is 22.5. The number of para-hydroxylation sites is 1. The predicted molar refractivity (Wildman–Crippen MR) is 129 cm³/mol. The average molecular weight is 424 g/mol. The van der Waals surface area contributed by atoms with E-state index in [9.17, 15) is 10.1 Å². The number of carbonyl (C=O) groups excluding carboxylic acids is 1. The number of benzene rings is 2. The molecule has 0 radical (unpaired) electrons. The molecule has 0 aliphatic rings. The van der Waals surface area contributed by atoms with Crippen LogP contribution in [0.2, 0.25) is 0 Å². The summed E-state index contributed by atoms with van der Waals surface area (Å²) >= 11 is 0. The van der Waals surface area contributed by atoms with Gasteiger partial charge >= 0.3 is 0 Å². The van der Waals surface area contributed by atoms with Crippen LogP contribution in [-0.4, -0.2) is 36.1 Å². The molecule has 0 saturated carbocycles. The van der Waals surface area contributed by atoms with E-state index in [2.05, 4.69) is 16.4 Å². The number of anilines is 1. The predicted octanol–water partition coefficient (Wildman–Crippen LogP) is 4.29. The molecule has 0 saturated heterocycles. The molecule has 32 heavy (non-hydrogen) atoms. The number of H-pyrrole nitrogens is 1. The van der Waals surface area contributed by atoms with Gasteiger partial charge in [-0.2, -0.15) is 5.26 Å². The maximum atomic E-state index is 12.6. The van der Waals surface area contributed by atoms with Crippen LogP contribution in [-0.2, 0) is 11.2 Å². The molecule has 0 fully saturated rings. The number of nitriles is 1. The van der Waals surface area contributed by atoms with Crippen molar-refractivity contribution >= 4 is 28.6 Å². The molecule has 0 aliphatic carbocycles. The molecule has 0 unspecified atom stereocenters. The largest absolute Gasteiger partial charge is 0.378 e. The number of nitrogens with one attached hydrogen (secondary N) is 2. The maximum absolute atomic E-state index is 12.6. The van der Waals surface area contributed by atoms with E-state index in [4.69, 9.17) is 0 Å². The van der Waals surface area contributed by atoms with E-state index in [0.717, 1.165) is 33.5 Å². The SMILES string of the molecule is CN(C)c1ccc(-n2cccc2/C=C(/C#N)C(=O)NCCc2c[nH]c3ccccc23)cc1. The van der Waals surface area contributed by atoms with Crippen LogP contribution >= 0.6 is 0 Å². The Bertz CT molecular complexity index is 1300. The van der Waals surface area contributed by atoms with Crippen LogP contribution in [0.3, 0.4) is 0 Å². The summed E-state index contributed by atoms with van der Waals surface area (Å²) < 4.78 is 1.95. The second-order valence-electron chi connectivity index (χ2n) is 7.75. The number of amides is 1. The molecule has 0 spiro atoms. The van der Waals surface area contributed by atoms with Gasteiger partial charge in [-0.05, 0) is 60.5 Å². The number of carbonyl (C=O) groups is 1. The number of fused-ring (bicyclic) bond motifs is 1. The monoisotopic (exact) mass is 423 g/mol. The minimum atomic E-state index is -0.372. The van der Waals surface area contributed by atoms with E-state index in [1.165, 1.54) is 0 Å². The van der Waals surface area contributed by atoms with E-state index < -0.39 is 0 Å². The molecule has 1 amide bonds. The Hall–Kier alpha value is -4.24. The van der Waals surface area contributed by atoms with E-state index in [1.54, 1.807) is 6.08 Å². The molecule has 160 valence electrons. The number of rotatable bonds is 7. The van der Waals surface area contributed by atoms with Gasteiger partial charge in [0.15, 0.2) is 0 Å². The van der Waals surface area contributed by atoms with Crippen molar-refractivity contribution in [1.82, 2.24) is 14.9 Å². The van der Waals surface area contributed by atoms with E-state index in [1.807, 2.05) is 96.6 Å². The first-order valence-corrected chi connectivity index (χ1v) is 10.5. The summed E-state index contributed by atoms with van der Waals surface area (Å²) in [4.78, 5) is 17.9. The summed E-state index contributed by atoms with van der Waals surface area (Å²) in [5, 5.41) is 13.6. The summed E-state index contributed by atoms with van der Waals surface area (Å²) in [6.45, 7) is 0.451. The van der Waals surface area contributed by atoms with E-state index >= 15 is 0 Å². The molecule has 2 aromatic heterocycles. The first-order chi connectivity index (χ1) is 15.6. The highest BCUT2D eigenvalue weighted by Gasteiger charge is 2.11. The van der Waals surface area contributed by atoms with Crippen LogP contribution in [0.5, 0.6) is 0 Å². The second-order valence-corrected chi connectivity index (χ2v) is 7.75. The Morgan fingerprint density at radius 1 is 1.12 bits per heavy atom. The summed E-state index contributed by atoms with van der Waals surface area (Å²) in [6.07, 6.45) is 6.19. The average Bonchev–Trinajstić information content (AvgIpc) is 3.44. The molecule has 0 atom stereocenters. The zero-order valence-electron chi connectivity index (χ0n) is 18.2. The van der Waals surface area contributed by atoms with Crippen molar-refractivity contribution in [1.29, 1.82) is 5.26 Å². The highest BCUT2D eigenvalue weighted by Crippen LogP contribution is 2.20. The van der Waals surface area contributed by atoms with Crippen LogP contribution < -0.4 is 10.2 Å². The molecule has 0 aliphatic heterocycles. The van der Waals surface area contributed by atoms with Gasteiger partial charge in [0.2, 0.25) is 0 Å². The van der Waals surface area contributed by atoms with Crippen molar-refractivity contribution in [3.05, 3.63) is 89.9 Å². The van der Waals surface area contributed by atoms with Gasteiger partial charge in [-0.3, -0.25) is 4.79 Å². The molecule has 6 heteroatoms. The van der Waals surface area contributed by atoms with Crippen LogP contribution in [0.1, 0.15) is 11.3 Å². The summed E-state index contributed by atoms with van der Waals surface area (Å²) in [7, 11) is 3.99. The van der Waals surface area contributed by atoms with Gasteiger partial charge in [-0.25, -0.2) is 0 Å². The fourth-order valence-corrected chi connectivity index (χ4v) is 3.70. The molecule has 2 heterocycles.